The van der Waals surface area contributed by atoms with Gasteiger partial charge in [0.25, 0.3) is 5.91 Å². The highest BCUT2D eigenvalue weighted by molar-refractivity contribution is 6.34. The second-order valence-electron chi connectivity index (χ2n) is 4.93. The van der Waals surface area contributed by atoms with Crippen molar-refractivity contribution in [3.8, 4) is 5.75 Å². The maximum absolute atomic E-state index is 12.3. The number of benzene rings is 2. The molecule has 0 bridgehead atoms. The molecule has 1 amide bonds. The molecule has 1 N–H and O–H groups in total. The molecule has 0 saturated carbocycles. The number of halogens is 1. The molecule has 0 aliphatic heterocycles. The molecule has 112 valence electrons. The Hall–Kier alpha value is -2.46. The monoisotopic (exact) mass is 315 g/mol. The quantitative estimate of drug-likeness (QED) is 0.765. The fourth-order valence-electron chi connectivity index (χ4n) is 2.21. The van der Waals surface area contributed by atoms with Crippen LogP contribution in [0.1, 0.15) is 16.1 Å². The molecule has 0 unspecified atom stereocenters. The zero-order valence-corrected chi connectivity index (χ0v) is 12.9. The van der Waals surface area contributed by atoms with Crippen molar-refractivity contribution < 1.29 is 13.9 Å². The zero-order chi connectivity index (χ0) is 15.7. The Kier molecular flexibility index (Phi) is 3.77. The number of amides is 1. The summed E-state index contributed by atoms with van der Waals surface area (Å²) in [4.78, 5) is 12.3. The van der Waals surface area contributed by atoms with Crippen LogP contribution in [0, 0.1) is 6.92 Å². The van der Waals surface area contributed by atoms with Crippen LogP contribution in [0.3, 0.4) is 0 Å². The standard InChI is InChI=1S/C17H14ClNO3/c1-10-6-7-13(12(18)8-10)19-17(20)15-9-11-4-3-5-14(21-2)16(11)22-15/h3-9H,1-2H3,(H,19,20). The van der Waals surface area contributed by atoms with Crippen molar-refractivity contribution in [3.63, 3.8) is 0 Å². The molecular formula is C17H14ClNO3. The first kappa shape index (κ1) is 14.5. The molecule has 0 aliphatic rings. The zero-order valence-electron chi connectivity index (χ0n) is 12.1. The van der Waals surface area contributed by atoms with E-state index in [4.69, 9.17) is 20.8 Å². The van der Waals surface area contributed by atoms with Gasteiger partial charge in [0, 0.05) is 5.39 Å². The van der Waals surface area contributed by atoms with Gasteiger partial charge >= 0.3 is 0 Å². The minimum Gasteiger partial charge on any atom is -0.493 e. The van der Waals surface area contributed by atoms with Gasteiger partial charge in [0.2, 0.25) is 0 Å². The van der Waals surface area contributed by atoms with Gasteiger partial charge in [-0.2, -0.15) is 0 Å². The Morgan fingerprint density at radius 2 is 2.05 bits per heavy atom. The minimum absolute atomic E-state index is 0.205. The van der Waals surface area contributed by atoms with E-state index in [0.29, 0.717) is 22.0 Å². The lowest BCUT2D eigenvalue weighted by atomic mass is 10.2. The molecule has 3 rings (SSSR count). The van der Waals surface area contributed by atoms with Gasteiger partial charge in [-0.25, -0.2) is 0 Å². The van der Waals surface area contributed by atoms with E-state index in [1.165, 1.54) is 0 Å². The minimum atomic E-state index is -0.357. The molecule has 0 aliphatic carbocycles. The summed E-state index contributed by atoms with van der Waals surface area (Å²) in [6, 6.07) is 12.6. The molecule has 1 aromatic heterocycles. The Morgan fingerprint density at radius 1 is 1.23 bits per heavy atom. The lowest BCUT2D eigenvalue weighted by Crippen LogP contribution is -2.11. The third-order valence-electron chi connectivity index (χ3n) is 3.32. The summed E-state index contributed by atoms with van der Waals surface area (Å²) in [5.41, 5.74) is 2.12. The summed E-state index contributed by atoms with van der Waals surface area (Å²) in [5, 5.41) is 4.04. The van der Waals surface area contributed by atoms with Crippen LogP contribution in [0.4, 0.5) is 5.69 Å². The predicted octanol–water partition coefficient (Wildman–Crippen LogP) is 4.66. The Balaban J connectivity index is 1.92. The molecule has 1 heterocycles. The van der Waals surface area contributed by atoms with Gasteiger partial charge in [0.05, 0.1) is 17.8 Å². The largest absolute Gasteiger partial charge is 0.493 e. The summed E-state index contributed by atoms with van der Waals surface area (Å²) >= 11 is 6.12. The first-order chi connectivity index (χ1) is 10.6. The van der Waals surface area contributed by atoms with Crippen molar-refractivity contribution in [3.05, 3.63) is 58.8 Å². The lowest BCUT2D eigenvalue weighted by molar-refractivity contribution is 0.0998. The molecule has 3 aromatic rings. The number of hydrogen-bond acceptors (Lipinski definition) is 3. The number of furan rings is 1. The lowest BCUT2D eigenvalue weighted by Gasteiger charge is -2.06. The van der Waals surface area contributed by atoms with Crippen LogP contribution in [0.25, 0.3) is 11.0 Å². The van der Waals surface area contributed by atoms with E-state index >= 15 is 0 Å². The smallest absolute Gasteiger partial charge is 0.291 e. The van der Waals surface area contributed by atoms with Crippen molar-refractivity contribution in [2.75, 3.05) is 12.4 Å². The van der Waals surface area contributed by atoms with Crippen molar-refractivity contribution in [1.82, 2.24) is 0 Å². The van der Waals surface area contributed by atoms with Gasteiger partial charge < -0.3 is 14.5 Å². The molecule has 0 atom stereocenters. The number of methoxy groups -OCH3 is 1. The van der Waals surface area contributed by atoms with Crippen LogP contribution < -0.4 is 10.1 Å². The molecule has 0 radical (unpaired) electrons. The van der Waals surface area contributed by atoms with E-state index in [2.05, 4.69) is 5.32 Å². The normalized spacial score (nSPS) is 10.7. The van der Waals surface area contributed by atoms with Crippen LogP contribution in [-0.2, 0) is 0 Å². The van der Waals surface area contributed by atoms with Gasteiger partial charge in [-0.05, 0) is 36.8 Å². The van der Waals surface area contributed by atoms with Crippen LogP contribution in [0.5, 0.6) is 5.75 Å². The molecular weight excluding hydrogens is 302 g/mol. The third kappa shape index (κ3) is 2.65. The first-order valence-electron chi connectivity index (χ1n) is 6.72. The topological polar surface area (TPSA) is 51.5 Å². The molecule has 5 heteroatoms. The van der Waals surface area contributed by atoms with Crippen LogP contribution in [0.15, 0.2) is 46.9 Å². The summed E-state index contributed by atoms with van der Waals surface area (Å²) in [7, 11) is 1.56. The van der Waals surface area contributed by atoms with Gasteiger partial charge in [-0.3, -0.25) is 4.79 Å². The van der Waals surface area contributed by atoms with Gasteiger partial charge in [0.1, 0.15) is 0 Å². The number of aryl methyl sites for hydroxylation is 1. The molecule has 4 nitrogen and oxygen atoms in total. The molecule has 0 fully saturated rings. The number of rotatable bonds is 3. The van der Waals surface area contributed by atoms with Crippen molar-refractivity contribution in [2.24, 2.45) is 0 Å². The number of carbonyl (C=O) groups excluding carboxylic acids is 1. The Morgan fingerprint density at radius 3 is 2.77 bits per heavy atom. The van der Waals surface area contributed by atoms with Crippen molar-refractivity contribution in [2.45, 2.75) is 6.92 Å². The third-order valence-corrected chi connectivity index (χ3v) is 3.64. The summed E-state index contributed by atoms with van der Waals surface area (Å²) in [6.07, 6.45) is 0. The second kappa shape index (κ2) is 5.73. The van der Waals surface area contributed by atoms with Crippen molar-refractivity contribution >= 4 is 34.2 Å². The number of anilines is 1. The van der Waals surface area contributed by atoms with Crippen LogP contribution >= 0.6 is 11.6 Å². The number of fused-ring (bicyclic) bond motifs is 1. The SMILES string of the molecule is COc1cccc2cc(C(=O)Nc3ccc(C)cc3Cl)oc12. The first-order valence-corrected chi connectivity index (χ1v) is 7.10. The van der Waals surface area contributed by atoms with E-state index in [0.717, 1.165) is 10.9 Å². The molecule has 0 spiro atoms. The van der Waals surface area contributed by atoms with Crippen molar-refractivity contribution in [1.29, 1.82) is 0 Å². The van der Waals surface area contributed by atoms with Gasteiger partial charge in [-0.1, -0.05) is 29.8 Å². The van der Waals surface area contributed by atoms with E-state index < -0.39 is 0 Å². The average Bonchev–Trinajstić information content (AvgIpc) is 2.94. The molecule has 2 aromatic carbocycles. The van der Waals surface area contributed by atoms with E-state index in [9.17, 15) is 4.79 Å². The summed E-state index contributed by atoms with van der Waals surface area (Å²) in [6.45, 7) is 1.93. The number of carbonyl (C=O) groups is 1. The van der Waals surface area contributed by atoms with Crippen LogP contribution in [-0.4, -0.2) is 13.0 Å². The Bertz CT molecular complexity index is 854. The number of ether oxygens (including phenoxy) is 1. The highest BCUT2D eigenvalue weighted by atomic mass is 35.5. The van der Waals surface area contributed by atoms with Gasteiger partial charge in [0.15, 0.2) is 17.1 Å². The number of hydrogen-bond donors (Lipinski definition) is 1. The number of para-hydroxylation sites is 1. The Labute approximate surface area is 132 Å². The predicted molar refractivity (Wildman–Crippen MR) is 86.9 cm³/mol. The van der Waals surface area contributed by atoms with Gasteiger partial charge in [-0.15, -0.1) is 0 Å². The maximum atomic E-state index is 12.3. The highest BCUT2D eigenvalue weighted by Gasteiger charge is 2.15. The van der Waals surface area contributed by atoms with Crippen LogP contribution in [0.2, 0.25) is 5.02 Å². The molecule has 0 saturated heterocycles. The second-order valence-corrected chi connectivity index (χ2v) is 5.33. The number of nitrogens with one attached hydrogen (secondary N) is 1. The van der Waals surface area contributed by atoms with E-state index in [1.807, 2.05) is 25.1 Å². The average molecular weight is 316 g/mol. The maximum Gasteiger partial charge on any atom is 0.291 e. The summed E-state index contributed by atoms with van der Waals surface area (Å²) < 4.78 is 10.8. The summed E-state index contributed by atoms with van der Waals surface area (Å²) in [5.74, 6) is 0.435. The fraction of sp³-hybridized carbons (Fsp3) is 0.118. The highest BCUT2D eigenvalue weighted by Crippen LogP contribution is 2.29. The molecule has 22 heavy (non-hydrogen) atoms. The van der Waals surface area contributed by atoms with E-state index in [-0.39, 0.29) is 11.7 Å². The fourth-order valence-corrected chi connectivity index (χ4v) is 2.50. The van der Waals surface area contributed by atoms with E-state index in [1.54, 1.807) is 31.4 Å².